The van der Waals surface area contributed by atoms with Crippen LogP contribution in [0.25, 0.3) is 0 Å². The molecule has 0 spiro atoms. The maximum Gasteiger partial charge on any atom is 0.0707 e. The zero-order chi connectivity index (χ0) is 22.9. The lowest BCUT2D eigenvalue weighted by molar-refractivity contribution is -0.164. The number of rotatable bonds is 16. The Morgan fingerprint density at radius 3 is 1.93 bits per heavy atom. The summed E-state index contributed by atoms with van der Waals surface area (Å²) in [7, 11) is 0. The quantitative estimate of drug-likeness (QED) is 0.317. The van der Waals surface area contributed by atoms with Gasteiger partial charge in [-0.2, -0.15) is 0 Å². The first kappa shape index (κ1) is 28.8. The highest BCUT2D eigenvalue weighted by Crippen LogP contribution is 2.42. The van der Waals surface area contributed by atoms with Crippen LogP contribution in [-0.4, -0.2) is 47.8 Å². The summed E-state index contributed by atoms with van der Waals surface area (Å²) in [5.41, 5.74) is -0.414. The van der Waals surface area contributed by atoms with Gasteiger partial charge >= 0.3 is 0 Å². The van der Waals surface area contributed by atoms with E-state index in [0.29, 0.717) is 18.9 Å². The highest BCUT2D eigenvalue weighted by molar-refractivity contribution is 4.92. The fourth-order valence-corrected chi connectivity index (χ4v) is 3.98. The molecule has 0 rings (SSSR count). The van der Waals surface area contributed by atoms with Gasteiger partial charge in [-0.1, -0.05) is 34.1 Å². The van der Waals surface area contributed by atoms with Gasteiger partial charge in [0.2, 0.25) is 0 Å². The van der Waals surface area contributed by atoms with Gasteiger partial charge in [-0.3, -0.25) is 0 Å². The summed E-state index contributed by atoms with van der Waals surface area (Å²) in [6.07, 6.45) is 4.72. The van der Waals surface area contributed by atoms with Crippen LogP contribution in [0.2, 0.25) is 0 Å². The molecule has 0 aromatic heterocycles. The van der Waals surface area contributed by atoms with Gasteiger partial charge in [-0.15, -0.1) is 0 Å². The molecule has 0 aromatic rings. The second-order valence-electron chi connectivity index (χ2n) is 10.5. The fraction of sp³-hybridized carbons (Fsp3) is 1.00. The minimum atomic E-state index is -0.319. The Morgan fingerprint density at radius 2 is 1.48 bits per heavy atom. The molecule has 0 aliphatic rings. The van der Waals surface area contributed by atoms with Gasteiger partial charge in [0.05, 0.1) is 29.5 Å². The molecule has 0 bridgehead atoms. The predicted octanol–water partition coefficient (Wildman–Crippen LogP) is 6.38. The average molecular weight is 417 g/mol. The van der Waals surface area contributed by atoms with Crippen molar-refractivity contribution in [3.8, 4) is 0 Å². The van der Waals surface area contributed by atoms with Gasteiger partial charge in [0, 0.05) is 13.2 Å². The van der Waals surface area contributed by atoms with Crippen molar-refractivity contribution in [2.75, 3.05) is 13.2 Å². The molecule has 0 aliphatic heterocycles. The number of hydrogen-bond donors (Lipinski definition) is 1. The first-order valence-corrected chi connectivity index (χ1v) is 11.8. The van der Waals surface area contributed by atoms with E-state index in [1.165, 1.54) is 0 Å². The average Bonchev–Trinajstić information content (AvgIpc) is 2.58. The van der Waals surface area contributed by atoms with Gasteiger partial charge in [0.25, 0.3) is 0 Å². The zero-order valence-corrected chi connectivity index (χ0v) is 21.4. The molecule has 0 aromatic carbocycles. The van der Waals surface area contributed by atoms with Crippen LogP contribution in [0, 0.1) is 11.3 Å². The molecule has 0 aliphatic carbocycles. The van der Waals surface area contributed by atoms with Gasteiger partial charge in [0.1, 0.15) is 0 Å². The molecule has 1 N–H and O–H groups in total. The van der Waals surface area contributed by atoms with Crippen molar-refractivity contribution in [1.29, 1.82) is 0 Å². The molecule has 176 valence electrons. The highest BCUT2D eigenvalue weighted by atomic mass is 16.5. The Bertz CT molecular complexity index is 431. The molecule has 0 radical (unpaired) electrons. The molecule has 4 atom stereocenters. The smallest absolute Gasteiger partial charge is 0.0707 e. The summed E-state index contributed by atoms with van der Waals surface area (Å²) in [5, 5.41) is 9.50. The molecule has 4 unspecified atom stereocenters. The molecule has 0 saturated carbocycles. The Hall–Kier alpha value is -0.160. The lowest BCUT2D eigenvalue weighted by Gasteiger charge is -2.46. The second-order valence-corrected chi connectivity index (χ2v) is 10.5. The molecular formula is C25H52O4. The van der Waals surface area contributed by atoms with E-state index in [2.05, 4.69) is 69.2 Å². The number of aliphatic hydroxyl groups is 1. The number of ether oxygens (including phenoxy) is 3. The van der Waals surface area contributed by atoms with Gasteiger partial charge in [-0.05, 0) is 85.5 Å². The largest absolute Gasteiger partial charge is 0.393 e. The van der Waals surface area contributed by atoms with Crippen LogP contribution in [0.1, 0.15) is 108 Å². The maximum atomic E-state index is 9.50. The maximum absolute atomic E-state index is 9.50. The minimum Gasteiger partial charge on any atom is -0.393 e. The van der Waals surface area contributed by atoms with Crippen molar-refractivity contribution >= 4 is 0 Å². The van der Waals surface area contributed by atoms with E-state index in [9.17, 15) is 5.11 Å². The molecule has 0 fully saturated rings. The summed E-state index contributed by atoms with van der Waals surface area (Å²) < 4.78 is 18.7. The van der Waals surface area contributed by atoms with E-state index in [1.807, 2.05) is 6.92 Å². The third kappa shape index (κ3) is 10.1. The molecule has 0 saturated heterocycles. The molecule has 29 heavy (non-hydrogen) atoms. The Morgan fingerprint density at radius 1 is 0.897 bits per heavy atom. The second kappa shape index (κ2) is 12.6. The first-order chi connectivity index (χ1) is 13.2. The summed E-state index contributed by atoms with van der Waals surface area (Å²) in [5.74, 6) is 0.403. The van der Waals surface area contributed by atoms with Crippen molar-refractivity contribution < 1.29 is 19.3 Å². The Kier molecular flexibility index (Phi) is 12.6. The van der Waals surface area contributed by atoms with Gasteiger partial charge in [0.15, 0.2) is 0 Å². The molecule has 0 heterocycles. The zero-order valence-electron chi connectivity index (χ0n) is 21.4. The van der Waals surface area contributed by atoms with Crippen molar-refractivity contribution in [2.24, 2.45) is 11.3 Å². The lowest BCUT2D eigenvalue weighted by atomic mass is 9.72. The van der Waals surface area contributed by atoms with Gasteiger partial charge < -0.3 is 19.3 Å². The van der Waals surface area contributed by atoms with Crippen molar-refractivity contribution in [1.82, 2.24) is 0 Å². The summed E-state index contributed by atoms with van der Waals surface area (Å²) >= 11 is 0. The van der Waals surface area contributed by atoms with E-state index in [1.54, 1.807) is 0 Å². The molecular weight excluding hydrogens is 364 g/mol. The van der Waals surface area contributed by atoms with Crippen LogP contribution in [0.15, 0.2) is 0 Å². The Balaban J connectivity index is 4.98. The van der Waals surface area contributed by atoms with Crippen LogP contribution < -0.4 is 0 Å². The van der Waals surface area contributed by atoms with E-state index >= 15 is 0 Å². The van der Waals surface area contributed by atoms with Crippen LogP contribution in [-0.2, 0) is 14.2 Å². The van der Waals surface area contributed by atoms with E-state index in [-0.39, 0.29) is 34.9 Å². The predicted molar refractivity (Wildman–Crippen MR) is 123 cm³/mol. The van der Waals surface area contributed by atoms with Crippen LogP contribution in [0.5, 0.6) is 0 Å². The molecule has 4 heteroatoms. The number of aliphatic hydroxyl groups excluding tert-OH is 1. The van der Waals surface area contributed by atoms with E-state index in [0.717, 1.165) is 32.3 Å². The highest BCUT2D eigenvalue weighted by Gasteiger charge is 2.42. The van der Waals surface area contributed by atoms with Crippen molar-refractivity contribution in [3.05, 3.63) is 0 Å². The normalized spacial score (nSPS) is 18.5. The third-order valence-electron chi connectivity index (χ3n) is 6.85. The SMILES string of the molecule is CCC(CC(C)OC(C)(CC)C(C)(C)CCOC(C)C)C(C)(C)OCCC(C)O. The topological polar surface area (TPSA) is 47.9 Å². The molecule has 0 amide bonds. The van der Waals surface area contributed by atoms with Crippen LogP contribution >= 0.6 is 0 Å². The molecule has 4 nitrogen and oxygen atoms in total. The standard InChI is InChI=1S/C25H52O4/c1-12-22(24(9,10)28-16-14-20(5)26)18-21(6)29-25(11,13-2)23(7,8)15-17-27-19(3)4/h19-22,26H,12-18H2,1-11H3. The summed E-state index contributed by atoms with van der Waals surface area (Å²) in [6.45, 7) is 25.2. The van der Waals surface area contributed by atoms with E-state index < -0.39 is 0 Å². The van der Waals surface area contributed by atoms with E-state index in [4.69, 9.17) is 14.2 Å². The van der Waals surface area contributed by atoms with Crippen molar-refractivity contribution in [2.45, 2.75) is 138 Å². The minimum absolute atomic E-state index is 0.0237. The lowest BCUT2D eigenvalue weighted by Crippen LogP contribution is -2.47. The summed E-state index contributed by atoms with van der Waals surface area (Å²) in [6, 6.07) is 0. The Labute approximate surface area is 182 Å². The van der Waals surface area contributed by atoms with Crippen molar-refractivity contribution in [3.63, 3.8) is 0 Å². The monoisotopic (exact) mass is 416 g/mol. The number of hydrogen-bond acceptors (Lipinski definition) is 4. The fourth-order valence-electron chi connectivity index (χ4n) is 3.98. The van der Waals surface area contributed by atoms with Crippen LogP contribution in [0.3, 0.4) is 0 Å². The first-order valence-electron chi connectivity index (χ1n) is 11.8. The van der Waals surface area contributed by atoms with Gasteiger partial charge in [-0.25, -0.2) is 0 Å². The summed E-state index contributed by atoms with van der Waals surface area (Å²) in [4.78, 5) is 0. The third-order valence-corrected chi connectivity index (χ3v) is 6.85. The van der Waals surface area contributed by atoms with Crippen LogP contribution in [0.4, 0.5) is 0 Å².